The van der Waals surface area contributed by atoms with E-state index in [1.165, 1.54) is 6.42 Å². The third kappa shape index (κ3) is 7.10. The number of thiol groups is 1. The minimum Gasteiger partial charge on any atom is -0.489 e. The maximum Gasteiger partial charge on any atom is 0.155 e. The lowest BCUT2D eigenvalue weighted by Crippen LogP contribution is -2.14. The Morgan fingerprint density at radius 3 is 2.52 bits per heavy atom. The molecule has 2 N–H and O–H groups in total. The topological polar surface area (TPSA) is 80.6 Å². The first-order valence-corrected chi connectivity index (χ1v) is 11.6. The highest BCUT2D eigenvalue weighted by Gasteiger charge is 2.15. The van der Waals surface area contributed by atoms with Crippen molar-refractivity contribution in [3.8, 4) is 23.3 Å². The molecule has 0 bridgehead atoms. The Hall–Kier alpha value is -2.33. The molecule has 0 unspecified atom stereocenters. The van der Waals surface area contributed by atoms with E-state index in [0.717, 1.165) is 24.0 Å². The number of benzene rings is 2. The van der Waals surface area contributed by atoms with Crippen molar-refractivity contribution in [2.75, 3.05) is 18.7 Å². The standard InChI is InChI=1S/C22H21Cl2N3O2.CH4S/c23-8-9-28-22-16(12-25)10-20(11-21(22)24)29-19-6-4-15(5-7-19)17(13-26)14-27-18-2-1-3-18;1-2/h4-7,10-11,13-14,18H,1-3,8-9,26H2;2H,1H3/b17-13+,27-14?;. The number of ether oxygens (including phenoxy) is 2. The predicted octanol–water partition coefficient (Wildman–Crippen LogP) is 6.09. The number of nitriles is 1. The summed E-state index contributed by atoms with van der Waals surface area (Å²) in [4.78, 5) is 4.56. The lowest BCUT2D eigenvalue weighted by molar-refractivity contribution is 0.341. The van der Waals surface area contributed by atoms with Crippen molar-refractivity contribution in [2.24, 2.45) is 10.7 Å². The van der Waals surface area contributed by atoms with E-state index in [9.17, 15) is 5.26 Å². The van der Waals surface area contributed by atoms with Crippen LogP contribution in [0.15, 0.2) is 47.6 Å². The van der Waals surface area contributed by atoms with Gasteiger partial charge < -0.3 is 15.2 Å². The van der Waals surface area contributed by atoms with Crippen molar-refractivity contribution in [3.63, 3.8) is 0 Å². The summed E-state index contributed by atoms with van der Waals surface area (Å²) in [5.41, 5.74) is 7.85. The van der Waals surface area contributed by atoms with Gasteiger partial charge in [0.15, 0.2) is 5.75 Å². The highest BCUT2D eigenvalue weighted by Crippen LogP contribution is 2.35. The highest BCUT2D eigenvalue weighted by molar-refractivity contribution is 7.79. The molecule has 2 aromatic carbocycles. The summed E-state index contributed by atoms with van der Waals surface area (Å²) in [6.45, 7) is 0.263. The summed E-state index contributed by atoms with van der Waals surface area (Å²) in [7, 11) is 0. The Balaban J connectivity index is 0.00000166. The molecule has 2 aromatic rings. The van der Waals surface area contributed by atoms with Crippen LogP contribution >= 0.6 is 35.8 Å². The van der Waals surface area contributed by atoms with Gasteiger partial charge in [0.05, 0.1) is 16.5 Å². The SMILES string of the molecule is CS.N#Cc1cc(Oc2ccc(/C(C=NC3CCC3)=C/N)cc2)cc(Cl)c1OCCCl. The van der Waals surface area contributed by atoms with E-state index in [2.05, 4.69) is 23.7 Å². The largest absolute Gasteiger partial charge is 0.489 e. The van der Waals surface area contributed by atoms with Crippen molar-refractivity contribution in [1.29, 1.82) is 5.26 Å². The molecule has 8 heteroatoms. The molecule has 31 heavy (non-hydrogen) atoms. The Labute approximate surface area is 198 Å². The molecule has 1 fully saturated rings. The summed E-state index contributed by atoms with van der Waals surface area (Å²) >= 11 is 15.4. The fourth-order valence-electron chi connectivity index (χ4n) is 2.78. The summed E-state index contributed by atoms with van der Waals surface area (Å²) in [5, 5.41) is 9.65. The van der Waals surface area contributed by atoms with Gasteiger partial charge in [-0.2, -0.15) is 17.9 Å². The molecule has 0 heterocycles. The van der Waals surface area contributed by atoms with E-state index < -0.39 is 0 Å². The molecular formula is C23H25Cl2N3O2S. The zero-order valence-electron chi connectivity index (χ0n) is 17.2. The Bertz CT molecular complexity index is 953. The summed E-state index contributed by atoms with van der Waals surface area (Å²) in [6.07, 6.45) is 8.61. The average Bonchev–Trinajstić information content (AvgIpc) is 2.76. The van der Waals surface area contributed by atoms with Crippen LogP contribution in [0.25, 0.3) is 5.57 Å². The van der Waals surface area contributed by atoms with Crippen molar-refractivity contribution in [3.05, 3.63) is 58.7 Å². The number of nitrogens with zero attached hydrogens (tertiary/aromatic N) is 2. The van der Waals surface area contributed by atoms with Crippen LogP contribution < -0.4 is 15.2 Å². The Morgan fingerprint density at radius 1 is 1.26 bits per heavy atom. The second-order valence-electron chi connectivity index (χ2n) is 6.54. The highest BCUT2D eigenvalue weighted by atomic mass is 35.5. The first-order valence-electron chi connectivity index (χ1n) is 9.75. The van der Waals surface area contributed by atoms with E-state index in [1.54, 1.807) is 24.6 Å². The van der Waals surface area contributed by atoms with Crippen molar-refractivity contribution >= 4 is 47.6 Å². The molecule has 0 aliphatic heterocycles. The van der Waals surface area contributed by atoms with Crippen LogP contribution in [0.3, 0.4) is 0 Å². The number of aliphatic imine (C=N–C) groups is 1. The third-order valence-corrected chi connectivity index (χ3v) is 5.00. The van der Waals surface area contributed by atoms with Crippen LogP contribution in [0, 0.1) is 11.3 Å². The average molecular weight is 478 g/mol. The second kappa shape index (κ2) is 13.2. The van der Waals surface area contributed by atoms with Crippen LogP contribution in [0.4, 0.5) is 0 Å². The first-order chi connectivity index (χ1) is 15.1. The maximum absolute atomic E-state index is 9.36. The predicted molar refractivity (Wildman–Crippen MR) is 132 cm³/mol. The number of allylic oxidation sites excluding steroid dienone is 1. The lowest BCUT2D eigenvalue weighted by atomic mass is 9.94. The Kier molecular flexibility index (Phi) is 10.6. The van der Waals surface area contributed by atoms with Gasteiger partial charge in [0.1, 0.15) is 24.2 Å². The molecular weight excluding hydrogens is 453 g/mol. The van der Waals surface area contributed by atoms with E-state index >= 15 is 0 Å². The van der Waals surface area contributed by atoms with Crippen molar-refractivity contribution < 1.29 is 9.47 Å². The number of nitrogens with two attached hydrogens (primary N) is 1. The molecule has 1 saturated carbocycles. The van der Waals surface area contributed by atoms with Gasteiger partial charge in [-0.05, 0) is 43.2 Å². The van der Waals surface area contributed by atoms with Crippen LogP contribution in [0.5, 0.6) is 17.2 Å². The minimum atomic E-state index is 0.263. The lowest BCUT2D eigenvalue weighted by Gasteiger charge is -2.20. The molecule has 0 saturated heterocycles. The third-order valence-electron chi connectivity index (χ3n) is 4.56. The number of rotatable bonds is 8. The smallest absolute Gasteiger partial charge is 0.155 e. The van der Waals surface area contributed by atoms with Crippen LogP contribution in [-0.4, -0.2) is 31.0 Å². The minimum absolute atomic E-state index is 0.263. The Morgan fingerprint density at radius 2 is 1.97 bits per heavy atom. The van der Waals surface area contributed by atoms with Gasteiger partial charge in [0.2, 0.25) is 0 Å². The summed E-state index contributed by atoms with van der Waals surface area (Å²) in [5.74, 6) is 1.66. The molecule has 5 nitrogen and oxygen atoms in total. The van der Waals surface area contributed by atoms with Crippen LogP contribution in [-0.2, 0) is 0 Å². The van der Waals surface area contributed by atoms with Gasteiger partial charge in [-0.1, -0.05) is 23.7 Å². The summed E-state index contributed by atoms with van der Waals surface area (Å²) < 4.78 is 11.3. The van der Waals surface area contributed by atoms with Crippen LogP contribution in [0.2, 0.25) is 5.02 Å². The van der Waals surface area contributed by atoms with Gasteiger partial charge >= 0.3 is 0 Å². The first kappa shape index (κ1) is 24.9. The number of alkyl halides is 1. The van der Waals surface area contributed by atoms with Crippen LogP contribution in [0.1, 0.15) is 30.4 Å². The van der Waals surface area contributed by atoms with E-state index in [0.29, 0.717) is 34.2 Å². The van der Waals surface area contributed by atoms with E-state index in [-0.39, 0.29) is 12.2 Å². The van der Waals surface area contributed by atoms with Gasteiger partial charge in [-0.3, -0.25) is 4.99 Å². The number of halogens is 2. The van der Waals surface area contributed by atoms with Gasteiger partial charge in [-0.25, -0.2) is 0 Å². The number of hydrogen-bond acceptors (Lipinski definition) is 6. The van der Waals surface area contributed by atoms with Gasteiger partial charge in [0.25, 0.3) is 0 Å². The molecule has 0 spiro atoms. The monoisotopic (exact) mass is 477 g/mol. The molecule has 164 valence electrons. The number of hydrogen-bond donors (Lipinski definition) is 2. The maximum atomic E-state index is 9.36. The second-order valence-corrected chi connectivity index (χ2v) is 7.33. The molecule has 0 aromatic heterocycles. The fraction of sp³-hybridized carbons (Fsp3) is 0.304. The van der Waals surface area contributed by atoms with Crippen molar-refractivity contribution in [1.82, 2.24) is 0 Å². The molecule has 0 atom stereocenters. The van der Waals surface area contributed by atoms with Crippen molar-refractivity contribution in [2.45, 2.75) is 25.3 Å². The quantitative estimate of drug-likeness (QED) is 0.273. The zero-order valence-corrected chi connectivity index (χ0v) is 19.6. The molecule has 0 radical (unpaired) electrons. The normalized spacial score (nSPS) is 13.7. The van der Waals surface area contributed by atoms with Gasteiger partial charge in [-0.15, -0.1) is 11.6 Å². The van der Waals surface area contributed by atoms with E-state index in [1.807, 2.05) is 30.5 Å². The van der Waals surface area contributed by atoms with E-state index in [4.69, 9.17) is 38.4 Å². The molecule has 3 rings (SSSR count). The summed E-state index contributed by atoms with van der Waals surface area (Å²) in [6, 6.07) is 13.1. The fourth-order valence-corrected chi connectivity index (χ4v) is 3.13. The molecule has 1 aliphatic rings. The zero-order chi connectivity index (χ0) is 22.6. The van der Waals surface area contributed by atoms with Gasteiger partial charge in [0, 0.05) is 36.2 Å². The molecule has 0 amide bonds. The molecule has 1 aliphatic carbocycles.